The van der Waals surface area contributed by atoms with E-state index >= 15 is 0 Å². The van der Waals surface area contributed by atoms with Gasteiger partial charge in [0.2, 0.25) is 0 Å². The third kappa shape index (κ3) is 4.68. The molecule has 3 nitrogen and oxygen atoms in total. The van der Waals surface area contributed by atoms with Crippen LogP contribution in [0.2, 0.25) is 0 Å². The van der Waals surface area contributed by atoms with Crippen LogP contribution in [-0.4, -0.2) is 4.37 Å². The number of benzene rings is 3. The normalized spacial score (nSPS) is 11.6. The minimum Gasteiger partial charge on any atom is -0.489 e. The van der Waals surface area contributed by atoms with E-state index in [1.807, 2.05) is 48.5 Å². The van der Waals surface area contributed by atoms with Gasteiger partial charge in [-0.15, -0.1) is 0 Å². The Morgan fingerprint density at radius 3 is 2.28 bits per heavy atom. The molecule has 0 unspecified atom stereocenters. The van der Waals surface area contributed by atoms with Crippen LogP contribution < -0.4 is 10.1 Å². The second-order valence-corrected chi connectivity index (χ2v) is 7.31. The summed E-state index contributed by atoms with van der Waals surface area (Å²) in [6.07, 6.45) is -4.33. The van der Waals surface area contributed by atoms with E-state index in [0.29, 0.717) is 17.9 Å². The zero-order valence-electron chi connectivity index (χ0n) is 15.2. The summed E-state index contributed by atoms with van der Waals surface area (Å²) in [4.78, 5) is 0. The molecule has 4 rings (SSSR count). The van der Waals surface area contributed by atoms with Crippen molar-refractivity contribution in [3.8, 4) is 5.75 Å². The van der Waals surface area contributed by atoms with Gasteiger partial charge in [0.15, 0.2) is 0 Å². The molecule has 0 aliphatic heterocycles. The summed E-state index contributed by atoms with van der Waals surface area (Å²) >= 11 is 1.46. The van der Waals surface area contributed by atoms with Crippen LogP contribution in [0.4, 0.5) is 19.0 Å². The Balaban J connectivity index is 1.32. The van der Waals surface area contributed by atoms with E-state index in [0.717, 1.165) is 33.6 Å². The van der Waals surface area contributed by atoms with Crippen molar-refractivity contribution in [1.82, 2.24) is 4.37 Å². The first-order valence-corrected chi connectivity index (χ1v) is 9.72. The number of halogens is 3. The molecule has 148 valence electrons. The Morgan fingerprint density at radius 1 is 0.862 bits per heavy atom. The molecule has 0 radical (unpaired) electrons. The lowest BCUT2D eigenvalue weighted by Crippen LogP contribution is -2.05. The number of aromatic nitrogens is 1. The highest BCUT2D eigenvalue weighted by Gasteiger charge is 2.29. The molecule has 1 N–H and O–H groups in total. The third-order valence-corrected chi connectivity index (χ3v) is 5.27. The highest BCUT2D eigenvalue weighted by molar-refractivity contribution is 7.13. The molecule has 0 saturated carbocycles. The van der Waals surface area contributed by atoms with Crippen molar-refractivity contribution in [2.24, 2.45) is 0 Å². The molecule has 0 atom stereocenters. The van der Waals surface area contributed by atoms with Crippen LogP contribution in [0.5, 0.6) is 5.75 Å². The minimum absolute atomic E-state index is 0.209. The molecule has 0 bridgehead atoms. The Morgan fingerprint density at radius 2 is 1.55 bits per heavy atom. The van der Waals surface area contributed by atoms with Gasteiger partial charge in [0, 0.05) is 11.9 Å². The van der Waals surface area contributed by atoms with Crippen LogP contribution in [0.1, 0.15) is 16.7 Å². The molecule has 0 amide bonds. The van der Waals surface area contributed by atoms with Crippen molar-refractivity contribution in [3.63, 3.8) is 0 Å². The topological polar surface area (TPSA) is 34.1 Å². The van der Waals surface area contributed by atoms with Gasteiger partial charge in [-0.25, -0.2) is 0 Å². The molecular formula is C22H17F3N2OS. The highest BCUT2D eigenvalue weighted by atomic mass is 32.1. The predicted octanol–water partition coefficient (Wildman–Crippen LogP) is 6.51. The van der Waals surface area contributed by atoms with Crippen molar-refractivity contribution >= 4 is 27.4 Å². The number of hydrogen-bond donors (Lipinski definition) is 1. The minimum atomic E-state index is -4.33. The quantitative estimate of drug-likeness (QED) is 0.391. The lowest BCUT2D eigenvalue weighted by atomic mass is 10.1. The fourth-order valence-corrected chi connectivity index (χ4v) is 3.61. The number of nitrogens with zero attached hydrogens (tertiary/aromatic N) is 1. The summed E-state index contributed by atoms with van der Waals surface area (Å²) in [6, 6.07) is 20.6. The van der Waals surface area contributed by atoms with Gasteiger partial charge in [-0.2, -0.15) is 17.5 Å². The van der Waals surface area contributed by atoms with Gasteiger partial charge in [-0.3, -0.25) is 0 Å². The van der Waals surface area contributed by atoms with Crippen LogP contribution in [0.25, 0.3) is 10.1 Å². The van der Waals surface area contributed by atoms with E-state index in [2.05, 4.69) is 9.69 Å². The Kier molecular flexibility index (Phi) is 5.40. The summed E-state index contributed by atoms with van der Waals surface area (Å²) in [5, 5.41) is 4.45. The van der Waals surface area contributed by atoms with E-state index in [4.69, 9.17) is 4.74 Å². The molecule has 7 heteroatoms. The standard InChI is InChI=1S/C22H17F3N2OS/c23-22(24,25)17-9-5-16(6-10-17)14-28-18-11-7-15(8-12-18)13-26-21-19-3-1-2-4-20(19)29-27-21/h1-12H,13-14H2,(H,26,27). The highest BCUT2D eigenvalue weighted by Crippen LogP contribution is 2.29. The maximum atomic E-state index is 12.6. The molecule has 4 aromatic rings. The van der Waals surface area contributed by atoms with Crippen molar-refractivity contribution in [3.05, 3.63) is 89.5 Å². The molecular weight excluding hydrogens is 397 g/mol. The van der Waals surface area contributed by atoms with Crippen LogP contribution >= 0.6 is 11.5 Å². The average molecular weight is 414 g/mol. The van der Waals surface area contributed by atoms with Crippen molar-refractivity contribution in [1.29, 1.82) is 0 Å². The molecule has 0 saturated heterocycles. The zero-order chi connectivity index (χ0) is 20.3. The third-order valence-electron chi connectivity index (χ3n) is 4.45. The molecule has 0 fully saturated rings. The predicted molar refractivity (Wildman–Crippen MR) is 109 cm³/mol. The van der Waals surface area contributed by atoms with Gasteiger partial charge in [0.05, 0.1) is 10.3 Å². The molecule has 0 aliphatic rings. The first-order valence-electron chi connectivity index (χ1n) is 8.95. The molecule has 1 aromatic heterocycles. The number of nitrogens with one attached hydrogen (secondary N) is 1. The van der Waals surface area contributed by atoms with Crippen molar-refractivity contribution in [2.75, 3.05) is 5.32 Å². The molecule has 1 heterocycles. The van der Waals surface area contributed by atoms with Crippen molar-refractivity contribution in [2.45, 2.75) is 19.3 Å². The lowest BCUT2D eigenvalue weighted by molar-refractivity contribution is -0.137. The number of alkyl halides is 3. The monoisotopic (exact) mass is 414 g/mol. The summed E-state index contributed by atoms with van der Waals surface area (Å²) in [7, 11) is 0. The van der Waals surface area contributed by atoms with Crippen LogP contribution in [0.3, 0.4) is 0 Å². The molecule has 0 spiro atoms. The first-order chi connectivity index (χ1) is 14.0. The van der Waals surface area contributed by atoms with Crippen LogP contribution in [0.15, 0.2) is 72.8 Å². The van der Waals surface area contributed by atoms with Gasteiger partial charge >= 0.3 is 6.18 Å². The van der Waals surface area contributed by atoms with Gasteiger partial charge in [-0.1, -0.05) is 36.4 Å². The zero-order valence-corrected chi connectivity index (χ0v) is 16.1. The van der Waals surface area contributed by atoms with Gasteiger partial charge in [-0.05, 0) is 59.1 Å². The number of anilines is 1. The van der Waals surface area contributed by atoms with E-state index in [1.165, 1.54) is 23.7 Å². The second-order valence-electron chi connectivity index (χ2n) is 6.51. The Labute approximate surface area is 169 Å². The molecule has 0 aliphatic carbocycles. The van der Waals surface area contributed by atoms with Crippen molar-refractivity contribution < 1.29 is 17.9 Å². The number of ether oxygens (including phenoxy) is 1. The summed E-state index contributed by atoms with van der Waals surface area (Å²) in [5.41, 5.74) is 1.09. The maximum absolute atomic E-state index is 12.6. The lowest BCUT2D eigenvalue weighted by Gasteiger charge is -2.10. The number of hydrogen-bond acceptors (Lipinski definition) is 4. The summed E-state index contributed by atoms with van der Waals surface area (Å²) in [6.45, 7) is 0.841. The largest absolute Gasteiger partial charge is 0.489 e. The van der Waals surface area contributed by atoms with Gasteiger partial charge < -0.3 is 10.1 Å². The molecule has 29 heavy (non-hydrogen) atoms. The van der Waals surface area contributed by atoms with E-state index < -0.39 is 11.7 Å². The number of fused-ring (bicyclic) bond motifs is 1. The van der Waals surface area contributed by atoms with E-state index in [1.54, 1.807) is 0 Å². The van der Waals surface area contributed by atoms with E-state index in [-0.39, 0.29) is 6.61 Å². The van der Waals surface area contributed by atoms with Crippen LogP contribution in [0, 0.1) is 0 Å². The molecule has 3 aromatic carbocycles. The van der Waals surface area contributed by atoms with Gasteiger partial charge in [0.1, 0.15) is 18.2 Å². The SMILES string of the molecule is FC(F)(F)c1ccc(COc2ccc(CNc3nsc4ccccc34)cc2)cc1. The smallest absolute Gasteiger partial charge is 0.416 e. The Hall–Kier alpha value is -3.06. The second kappa shape index (κ2) is 8.13. The fraction of sp³-hybridized carbons (Fsp3) is 0.136. The Bertz CT molecular complexity index is 1090. The summed E-state index contributed by atoms with van der Waals surface area (Å²) < 4.78 is 49.1. The average Bonchev–Trinajstić information content (AvgIpc) is 3.14. The van der Waals surface area contributed by atoms with Crippen LogP contribution in [-0.2, 0) is 19.3 Å². The summed E-state index contributed by atoms with van der Waals surface area (Å²) in [5.74, 6) is 1.53. The number of rotatable bonds is 6. The first kappa shape index (κ1) is 19.3. The maximum Gasteiger partial charge on any atom is 0.416 e. The van der Waals surface area contributed by atoms with E-state index in [9.17, 15) is 13.2 Å². The van der Waals surface area contributed by atoms with Gasteiger partial charge in [0.25, 0.3) is 0 Å². The fourth-order valence-electron chi connectivity index (χ4n) is 2.86.